The first kappa shape index (κ1) is 16.7. The molecule has 5 heteroatoms. The summed E-state index contributed by atoms with van der Waals surface area (Å²) in [5, 5.41) is 2.82. The third kappa shape index (κ3) is 4.16. The first-order valence-corrected chi connectivity index (χ1v) is 7.28. The van der Waals surface area contributed by atoms with Crippen molar-refractivity contribution < 1.29 is 14.0 Å². The Morgan fingerprint density at radius 3 is 2.26 bits per heavy atom. The molecular weight excluding hydrogens is 295 g/mol. The fourth-order valence-electron chi connectivity index (χ4n) is 2.36. The van der Waals surface area contributed by atoms with E-state index in [1.54, 1.807) is 6.07 Å². The van der Waals surface area contributed by atoms with E-state index >= 15 is 0 Å². The van der Waals surface area contributed by atoms with Gasteiger partial charge in [-0.2, -0.15) is 0 Å². The number of aryl methyl sites for hydroxylation is 2. The molecule has 0 fully saturated rings. The summed E-state index contributed by atoms with van der Waals surface area (Å²) in [6.07, 6.45) is 0. The number of halogens is 1. The van der Waals surface area contributed by atoms with Gasteiger partial charge in [0, 0.05) is 18.3 Å². The maximum Gasteiger partial charge on any atom is 0.244 e. The van der Waals surface area contributed by atoms with Crippen molar-refractivity contribution in [2.45, 2.75) is 20.8 Å². The number of para-hydroxylation sites is 1. The van der Waals surface area contributed by atoms with Crippen molar-refractivity contribution in [2.75, 3.05) is 16.8 Å². The molecule has 4 nitrogen and oxygen atoms in total. The molecule has 0 bridgehead atoms. The highest BCUT2D eigenvalue weighted by Crippen LogP contribution is 2.20. The monoisotopic (exact) mass is 314 g/mol. The third-order valence-corrected chi connectivity index (χ3v) is 3.55. The molecule has 2 aromatic rings. The number of anilines is 2. The molecular formula is C18H19FN2O2. The second kappa shape index (κ2) is 7.05. The number of carbonyl (C=O) groups excluding carboxylic acids is 2. The van der Waals surface area contributed by atoms with Gasteiger partial charge in [-0.05, 0) is 43.2 Å². The van der Waals surface area contributed by atoms with Crippen molar-refractivity contribution in [3.05, 3.63) is 59.4 Å². The van der Waals surface area contributed by atoms with Crippen LogP contribution in [-0.2, 0) is 9.59 Å². The predicted molar refractivity (Wildman–Crippen MR) is 89.0 cm³/mol. The van der Waals surface area contributed by atoms with Crippen LogP contribution in [0.3, 0.4) is 0 Å². The largest absolute Gasteiger partial charge is 0.324 e. The summed E-state index contributed by atoms with van der Waals surface area (Å²) < 4.78 is 13.3. The van der Waals surface area contributed by atoms with E-state index < -0.39 is 5.82 Å². The van der Waals surface area contributed by atoms with E-state index in [2.05, 4.69) is 5.32 Å². The van der Waals surface area contributed by atoms with E-state index in [1.807, 2.05) is 32.0 Å². The molecule has 0 aliphatic carbocycles. The average Bonchev–Trinajstić information content (AvgIpc) is 2.48. The van der Waals surface area contributed by atoms with Crippen LogP contribution in [0.15, 0.2) is 42.5 Å². The lowest BCUT2D eigenvalue weighted by Gasteiger charge is -2.21. The SMILES string of the molecule is CC(=O)N(CC(=O)Nc1c(C)cccc1C)c1cccc(F)c1. The van der Waals surface area contributed by atoms with Crippen LogP contribution in [0.25, 0.3) is 0 Å². The Labute approximate surface area is 134 Å². The number of hydrogen-bond acceptors (Lipinski definition) is 2. The lowest BCUT2D eigenvalue weighted by Crippen LogP contribution is -2.36. The van der Waals surface area contributed by atoms with Crippen LogP contribution in [0.2, 0.25) is 0 Å². The zero-order valence-corrected chi connectivity index (χ0v) is 13.4. The number of carbonyl (C=O) groups is 2. The highest BCUT2D eigenvalue weighted by Gasteiger charge is 2.17. The lowest BCUT2D eigenvalue weighted by atomic mass is 10.1. The topological polar surface area (TPSA) is 49.4 Å². The number of nitrogens with one attached hydrogen (secondary N) is 1. The van der Waals surface area contributed by atoms with Crippen LogP contribution in [-0.4, -0.2) is 18.4 Å². The maximum absolute atomic E-state index is 13.3. The fraction of sp³-hybridized carbons (Fsp3) is 0.222. The third-order valence-electron chi connectivity index (χ3n) is 3.55. The van der Waals surface area contributed by atoms with Gasteiger partial charge in [0.15, 0.2) is 0 Å². The molecule has 1 N–H and O–H groups in total. The van der Waals surface area contributed by atoms with Gasteiger partial charge in [-0.15, -0.1) is 0 Å². The van der Waals surface area contributed by atoms with Gasteiger partial charge < -0.3 is 10.2 Å². The van der Waals surface area contributed by atoms with Crippen molar-refractivity contribution in [2.24, 2.45) is 0 Å². The summed E-state index contributed by atoms with van der Waals surface area (Å²) in [6.45, 7) is 4.97. The smallest absolute Gasteiger partial charge is 0.244 e. The Kier molecular flexibility index (Phi) is 5.11. The minimum absolute atomic E-state index is 0.174. The predicted octanol–water partition coefficient (Wildman–Crippen LogP) is 3.43. The Morgan fingerprint density at radius 1 is 1.09 bits per heavy atom. The van der Waals surface area contributed by atoms with Gasteiger partial charge in [-0.25, -0.2) is 4.39 Å². The highest BCUT2D eigenvalue weighted by atomic mass is 19.1. The van der Waals surface area contributed by atoms with E-state index in [9.17, 15) is 14.0 Å². The summed E-state index contributed by atoms with van der Waals surface area (Å²) in [7, 11) is 0. The van der Waals surface area contributed by atoms with E-state index in [0.717, 1.165) is 16.8 Å². The summed E-state index contributed by atoms with van der Waals surface area (Å²) in [5.41, 5.74) is 2.98. The van der Waals surface area contributed by atoms with Crippen LogP contribution >= 0.6 is 0 Å². The molecule has 2 amide bonds. The first-order valence-electron chi connectivity index (χ1n) is 7.28. The highest BCUT2D eigenvalue weighted by molar-refractivity contribution is 6.02. The van der Waals surface area contributed by atoms with Crippen molar-refractivity contribution in [3.8, 4) is 0 Å². The van der Waals surface area contributed by atoms with Crippen LogP contribution < -0.4 is 10.2 Å². The normalized spacial score (nSPS) is 10.3. The Hall–Kier alpha value is -2.69. The van der Waals surface area contributed by atoms with Crippen LogP contribution in [0.5, 0.6) is 0 Å². The molecule has 120 valence electrons. The molecule has 0 radical (unpaired) electrons. The number of rotatable bonds is 4. The van der Waals surface area contributed by atoms with E-state index in [1.165, 1.54) is 30.0 Å². The van der Waals surface area contributed by atoms with Crippen LogP contribution in [0.1, 0.15) is 18.1 Å². The van der Waals surface area contributed by atoms with Gasteiger partial charge in [-0.3, -0.25) is 9.59 Å². The van der Waals surface area contributed by atoms with Gasteiger partial charge in [-0.1, -0.05) is 24.3 Å². The van der Waals surface area contributed by atoms with Gasteiger partial charge >= 0.3 is 0 Å². The molecule has 2 aromatic carbocycles. The lowest BCUT2D eigenvalue weighted by molar-refractivity contribution is -0.120. The van der Waals surface area contributed by atoms with Gasteiger partial charge in [0.1, 0.15) is 12.4 Å². The summed E-state index contributed by atoms with van der Waals surface area (Å²) in [6, 6.07) is 11.3. The Bertz CT molecular complexity index is 723. The van der Waals surface area contributed by atoms with Crippen LogP contribution in [0.4, 0.5) is 15.8 Å². The Morgan fingerprint density at radius 2 is 1.70 bits per heavy atom. The molecule has 0 aliphatic rings. The summed E-state index contributed by atoms with van der Waals surface area (Å²) in [5.74, 6) is -1.11. The first-order chi connectivity index (χ1) is 10.9. The Balaban J connectivity index is 2.18. The molecule has 0 saturated carbocycles. The molecule has 0 aliphatic heterocycles. The molecule has 2 rings (SSSR count). The van der Waals surface area contributed by atoms with Gasteiger partial charge in [0.05, 0.1) is 0 Å². The van der Waals surface area contributed by atoms with Gasteiger partial charge in [0.2, 0.25) is 11.8 Å². The number of benzene rings is 2. The zero-order valence-electron chi connectivity index (χ0n) is 13.4. The molecule has 0 spiro atoms. The summed E-state index contributed by atoms with van der Waals surface area (Å²) in [4.78, 5) is 25.3. The quantitative estimate of drug-likeness (QED) is 0.940. The number of amides is 2. The zero-order chi connectivity index (χ0) is 17.0. The van der Waals surface area contributed by atoms with Crippen molar-refractivity contribution in [3.63, 3.8) is 0 Å². The minimum Gasteiger partial charge on any atom is -0.324 e. The van der Waals surface area contributed by atoms with Gasteiger partial charge in [0.25, 0.3) is 0 Å². The fourth-order valence-corrected chi connectivity index (χ4v) is 2.36. The number of nitrogens with zero attached hydrogens (tertiary/aromatic N) is 1. The van der Waals surface area contributed by atoms with E-state index in [0.29, 0.717) is 5.69 Å². The van der Waals surface area contributed by atoms with Crippen molar-refractivity contribution in [1.29, 1.82) is 0 Å². The standard InChI is InChI=1S/C18H19FN2O2/c1-12-6-4-7-13(2)18(12)20-17(23)11-21(14(3)22)16-9-5-8-15(19)10-16/h4-10H,11H2,1-3H3,(H,20,23). The molecule has 0 unspecified atom stereocenters. The van der Waals surface area contributed by atoms with E-state index in [4.69, 9.17) is 0 Å². The second-order valence-electron chi connectivity index (χ2n) is 5.40. The molecule has 0 atom stereocenters. The van der Waals surface area contributed by atoms with E-state index in [-0.39, 0.29) is 18.4 Å². The van der Waals surface area contributed by atoms with Crippen LogP contribution in [0, 0.1) is 19.7 Å². The molecule has 0 heterocycles. The summed E-state index contributed by atoms with van der Waals surface area (Å²) >= 11 is 0. The average molecular weight is 314 g/mol. The second-order valence-corrected chi connectivity index (χ2v) is 5.40. The minimum atomic E-state index is -0.455. The molecule has 0 saturated heterocycles. The number of hydrogen-bond donors (Lipinski definition) is 1. The van der Waals surface area contributed by atoms with Crippen molar-refractivity contribution in [1.82, 2.24) is 0 Å². The molecule has 23 heavy (non-hydrogen) atoms. The van der Waals surface area contributed by atoms with Crippen molar-refractivity contribution >= 4 is 23.2 Å². The maximum atomic E-state index is 13.3. The molecule has 0 aromatic heterocycles.